The molecule has 1 aliphatic rings. The van der Waals surface area contributed by atoms with Crippen molar-refractivity contribution in [2.75, 3.05) is 20.2 Å². The number of hydrogen-bond donors (Lipinski definition) is 0. The van der Waals surface area contributed by atoms with Crippen LogP contribution in [0.15, 0.2) is 25.0 Å². The molecule has 122 valence electrons. The number of carbonyl (C=O) groups excluding carboxylic acids is 1. The average Bonchev–Trinajstić information content (AvgIpc) is 3.09. The summed E-state index contributed by atoms with van der Waals surface area (Å²) in [5.41, 5.74) is 0. The third-order valence-corrected chi connectivity index (χ3v) is 3.67. The molecule has 1 fully saturated rings. The summed E-state index contributed by atoms with van der Waals surface area (Å²) in [4.78, 5) is 26.0. The van der Waals surface area contributed by atoms with Gasteiger partial charge in [0.2, 0.25) is 5.91 Å². The van der Waals surface area contributed by atoms with Crippen LogP contribution in [0, 0.1) is 0 Å². The van der Waals surface area contributed by atoms with Gasteiger partial charge in [-0.15, -0.1) is 0 Å². The molecule has 0 radical (unpaired) electrons. The van der Waals surface area contributed by atoms with Gasteiger partial charge in [0.25, 0.3) is 0 Å². The second kappa shape index (κ2) is 7.03. The lowest BCUT2D eigenvalue weighted by molar-refractivity contribution is -0.133. The van der Waals surface area contributed by atoms with Crippen LogP contribution in [0.5, 0.6) is 11.8 Å². The maximum Gasteiger partial charge on any atom is 0.316 e. The van der Waals surface area contributed by atoms with Crippen LogP contribution in [0.25, 0.3) is 0 Å². The number of ether oxygens (including phenoxy) is 2. The SMILES string of the molecule is COc1cnc(OC2CCN(C(=O)Cn3cncn3)CC2)nc1. The second-order valence-corrected chi connectivity index (χ2v) is 5.20. The number of piperidine rings is 1. The Morgan fingerprint density at radius 2 is 2.04 bits per heavy atom. The predicted molar refractivity (Wildman–Crippen MR) is 78.8 cm³/mol. The number of carbonyl (C=O) groups is 1. The van der Waals surface area contributed by atoms with Crippen molar-refractivity contribution in [2.24, 2.45) is 0 Å². The lowest BCUT2D eigenvalue weighted by atomic mass is 10.1. The molecule has 3 heterocycles. The van der Waals surface area contributed by atoms with Gasteiger partial charge in [0.15, 0.2) is 5.75 Å². The maximum absolute atomic E-state index is 12.2. The van der Waals surface area contributed by atoms with Gasteiger partial charge in [-0.25, -0.2) is 9.67 Å². The summed E-state index contributed by atoms with van der Waals surface area (Å²) < 4.78 is 12.3. The molecule has 9 heteroatoms. The normalized spacial score (nSPS) is 15.4. The summed E-state index contributed by atoms with van der Waals surface area (Å²) in [7, 11) is 1.56. The molecule has 0 aromatic carbocycles. The fourth-order valence-electron chi connectivity index (χ4n) is 2.40. The number of nitrogens with zero attached hydrogens (tertiary/aromatic N) is 6. The van der Waals surface area contributed by atoms with E-state index in [4.69, 9.17) is 9.47 Å². The summed E-state index contributed by atoms with van der Waals surface area (Å²) in [5.74, 6) is 0.625. The summed E-state index contributed by atoms with van der Waals surface area (Å²) in [5, 5.41) is 3.94. The molecule has 1 saturated heterocycles. The van der Waals surface area contributed by atoms with E-state index in [9.17, 15) is 4.79 Å². The first-order valence-corrected chi connectivity index (χ1v) is 7.37. The van der Waals surface area contributed by atoms with Gasteiger partial charge >= 0.3 is 6.01 Å². The molecule has 0 unspecified atom stereocenters. The Morgan fingerprint density at radius 3 is 2.65 bits per heavy atom. The highest BCUT2D eigenvalue weighted by molar-refractivity contribution is 5.75. The summed E-state index contributed by atoms with van der Waals surface area (Å²) >= 11 is 0. The van der Waals surface area contributed by atoms with Crippen molar-refractivity contribution in [2.45, 2.75) is 25.5 Å². The minimum absolute atomic E-state index is 0.0128. The molecule has 0 atom stereocenters. The van der Waals surface area contributed by atoms with Crippen LogP contribution in [0.4, 0.5) is 0 Å². The molecule has 1 aliphatic heterocycles. The van der Waals surface area contributed by atoms with Crippen LogP contribution in [-0.2, 0) is 11.3 Å². The lowest BCUT2D eigenvalue weighted by Crippen LogP contribution is -2.43. The van der Waals surface area contributed by atoms with E-state index in [1.165, 1.54) is 17.3 Å². The monoisotopic (exact) mass is 318 g/mol. The minimum Gasteiger partial charge on any atom is -0.494 e. The Kier molecular flexibility index (Phi) is 4.65. The number of hydrogen-bond acceptors (Lipinski definition) is 7. The largest absolute Gasteiger partial charge is 0.494 e. The molecular weight excluding hydrogens is 300 g/mol. The second-order valence-electron chi connectivity index (χ2n) is 5.20. The van der Waals surface area contributed by atoms with Gasteiger partial charge in [0.05, 0.1) is 19.5 Å². The quantitative estimate of drug-likeness (QED) is 0.774. The third-order valence-electron chi connectivity index (χ3n) is 3.67. The van der Waals surface area contributed by atoms with Crippen LogP contribution in [0.3, 0.4) is 0 Å². The lowest BCUT2D eigenvalue weighted by Gasteiger charge is -2.31. The van der Waals surface area contributed by atoms with E-state index >= 15 is 0 Å². The molecule has 0 bridgehead atoms. The zero-order chi connectivity index (χ0) is 16.1. The van der Waals surface area contributed by atoms with Gasteiger partial charge in [-0.3, -0.25) is 4.79 Å². The number of likely N-dealkylation sites (tertiary alicyclic amines) is 1. The Bertz CT molecular complexity index is 622. The van der Waals surface area contributed by atoms with E-state index in [1.54, 1.807) is 19.5 Å². The van der Waals surface area contributed by atoms with Crippen LogP contribution in [-0.4, -0.2) is 61.8 Å². The first kappa shape index (κ1) is 15.2. The highest BCUT2D eigenvalue weighted by Gasteiger charge is 2.24. The van der Waals surface area contributed by atoms with Crippen molar-refractivity contribution in [3.05, 3.63) is 25.0 Å². The van der Waals surface area contributed by atoms with E-state index in [2.05, 4.69) is 20.1 Å². The first-order chi connectivity index (χ1) is 11.2. The molecule has 1 amide bonds. The van der Waals surface area contributed by atoms with Crippen LogP contribution in [0.1, 0.15) is 12.8 Å². The van der Waals surface area contributed by atoms with Crippen molar-refractivity contribution in [1.82, 2.24) is 29.6 Å². The standard InChI is InChI=1S/C14H18N6O3/c1-22-12-6-16-14(17-7-12)23-11-2-4-19(5-3-11)13(21)8-20-10-15-9-18-20/h6-7,9-11H,2-5,8H2,1H3. The zero-order valence-corrected chi connectivity index (χ0v) is 12.8. The van der Waals surface area contributed by atoms with Crippen LogP contribution < -0.4 is 9.47 Å². The van der Waals surface area contributed by atoms with E-state index in [0.29, 0.717) is 24.8 Å². The number of methoxy groups -OCH3 is 1. The number of amides is 1. The highest BCUT2D eigenvalue weighted by Crippen LogP contribution is 2.17. The molecule has 2 aromatic heterocycles. The van der Waals surface area contributed by atoms with Gasteiger partial charge in [-0.05, 0) is 0 Å². The van der Waals surface area contributed by atoms with Gasteiger partial charge in [-0.2, -0.15) is 15.1 Å². The smallest absolute Gasteiger partial charge is 0.316 e. The molecule has 23 heavy (non-hydrogen) atoms. The molecule has 2 aromatic rings. The van der Waals surface area contributed by atoms with E-state index < -0.39 is 0 Å². The van der Waals surface area contributed by atoms with Crippen molar-refractivity contribution in [1.29, 1.82) is 0 Å². The third kappa shape index (κ3) is 3.93. The molecule has 9 nitrogen and oxygen atoms in total. The van der Waals surface area contributed by atoms with Crippen LogP contribution in [0.2, 0.25) is 0 Å². The van der Waals surface area contributed by atoms with Gasteiger partial charge in [-0.1, -0.05) is 0 Å². The summed E-state index contributed by atoms with van der Waals surface area (Å²) in [6, 6.07) is 0.332. The summed E-state index contributed by atoms with van der Waals surface area (Å²) in [6.45, 7) is 1.51. The Balaban J connectivity index is 1.47. The molecule has 0 saturated carbocycles. The topological polar surface area (TPSA) is 95.3 Å². The Morgan fingerprint density at radius 1 is 1.30 bits per heavy atom. The molecule has 0 spiro atoms. The minimum atomic E-state index is 0.0128. The fourth-order valence-corrected chi connectivity index (χ4v) is 2.40. The van der Waals surface area contributed by atoms with Gasteiger partial charge in [0.1, 0.15) is 25.3 Å². The summed E-state index contributed by atoms with van der Waals surface area (Å²) in [6.07, 6.45) is 7.60. The van der Waals surface area contributed by atoms with Crippen molar-refractivity contribution in [3.8, 4) is 11.8 Å². The van der Waals surface area contributed by atoms with Gasteiger partial charge < -0.3 is 14.4 Å². The molecule has 0 N–H and O–H groups in total. The van der Waals surface area contributed by atoms with Gasteiger partial charge in [0, 0.05) is 25.9 Å². The fraction of sp³-hybridized carbons (Fsp3) is 0.500. The van der Waals surface area contributed by atoms with Crippen molar-refractivity contribution in [3.63, 3.8) is 0 Å². The molecular formula is C14H18N6O3. The predicted octanol–water partition coefficient (Wildman–Crippen LogP) is 0.147. The van der Waals surface area contributed by atoms with E-state index in [-0.39, 0.29) is 18.6 Å². The van der Waals surface area contributed by atoms with E-state index in [0.717, 1.165) is 12.8 Å². The maximum atomic E-state index is 12.2. The molecule has 0 aliphatic carbocycles. The first-order valence-electron chi connectivity index (χ1n) is 7.37. The number of aromatic nitrogens is 5. The van der Waals surface area contributed by atoms with Crippen molar-refractivity contribution < 1.29 is 14.3 Å². The highest BCUT2D eigenvalue weighted by atomic mass is 16.5. The van der Waals surface area contributed by atoms with E-state index in [1.807, 2.05) is 4.90 Å². The zero-order valence-electron chi connectivity index (χ0n) is 12.8. The molecule has 3 rings (SSSR count). The Hall–Kier alpha value is -2.71. The van der Waals surface area contributed by atoms with Crippen LogP contribution >= 0.6 is 0 Å². The Labute approximate surface area is 133 Å². The average molecular weight is 318 g/mol. The number of rotatable bonds is 5. The van der Waals surface area contributed by atoms with Crippen molar-refractivity contribution >= 4 is 5.91 Å².